The van der Waals surface area contributed by atoms with Gasteiger partial charge in [0.2, 0.25) is 0 Å². The number of benzene rings is 2. The summed E-state index contributed by atoms with van der Waals surface area (Å²) >= 11 is 0. The van der Waals surface area contributed by atoms with E-state index in [2.05, 4.69) is 6.92 Å². The third-order valence-corrected chi connectivity index (χ3v) is 6.20. The molecule has 0 N–H and O–H groups in total. The average Bonchev–Trinajstić information content (AvgIpc) is 2.74. The molecule has 33 heavy (non-hydrogen) atoms. The van der Waals surface area contributed by atoms with Gasteiger partial charge < -0.3 is 13.7 Å². The van der Waals surface area contributed by atoms with Crippen molar-refractivity contribution in [3.8, 4) is 11.5 Å². The maximum absolute atomic E-state index is 12.9. The zero-order chi connectivity index (χ0) is 24.3. The number of carbonyl (C=O) groups excluding carboxylic acids is 1. The average molecular weight is 477 g/mol. The molecule has 7 heteroatoms. The second-order valence-corrected chi connectivity index (χ2v) is 10.5. The molecule has 0 aliphatic rings. The molecule has 0 radical (unpaired) electrons. The summed E-state index contributed by atoms with van der Waals surface area (Å²) in [6.45, 7) is 7.29. The first-order chi connectivity index (χ1) is 15.6. The van der Waals surface area contributed by atoms with Gasteiger partial charge in [0, 0.05) is 0 Å². The number of rotatable bonds is 13. The fourth-order valence-corrected chi connectivity index (χ4v) is 4.52. The quantitative estimate of drug-likeness (QED) is 0.198. The van der Waals surface area contributed by atoms with E-state index in [9.17, 15) is 13.2 Å². The van der Waals surface area contributed by atoms with Crippen molar-refractivity contribution in [2.24, 2.45) is 0 Å². The molecule has 0 spiro atoms. The van der Waals surface area contributed by atoms with Gasteiger partial charge in [-0.25, -0.2) is 4.79 Å². The van der Waals surface area contributed by atoms with Crippen LogP contribution in [0.1, 0.15) is 71.8 Å². The summed E-state index contributed by atoms with van der Waals surface area (Å²) in [5.74, 6) is 0.107. The first-order valence-electron chi connectivity index (χ1n) is 11.6. The predicted molar refractivity (Wildman–Crippen MR) is 129 cm³/mol. The van der Waals surface area contributed by atoms with Crippen LogP contribution in [-0.2, 0) is 26.1 Å². The van der Waals surface area contributed by atoms with E-state index >= 15 is 0 Å². The molecule has 2 aromatic rings. The molecule has 0 aliphatic heterocycles. The molecular formula is C26H36O6S. The van der Waals surface area contributed by atoms with Gasteiger partial charge in [0.05, 0.1) is 0 Å². The second kappa shape index (κ2) is 12.6. The molecule has 0 aliphatic carbocycles. The number of esters is 1. The number of ether oxygens (including phenoxy) is 2. The van der Waals surface area contributed by atoms with E-state index in [0.717, 1.165) is 18.4 Å². The molecule has 2 aromatic carbocycles. The molecular weight excluding hydrogens is 440 g/mol. The smallest absolute Gasteiger partial charge is 0.344 e. The van der Waals surface area contributed by atoms with E-state index in [1.807, 2.05) is 12.1 Å². The molecule has 182 valence electrons. The van der Waals surface area contributed by atoms with Crippen molar-refractivity contribution in [2.75, 3.05) is 6.61 Å². The summed E-state index contributed by atoms with van der Waals surface area (Å²) < 4.78 is 41.8. The van der Waals surface area contributed by atoms with Gasteiger partial charge in [0.1, 0.15) is 22.0 Å². The van der Waals surface area contributed by atoms with Crippen LogP contribution in [0.5, 0.6) is 11.5 Å². The first-order valence-corrected chi connectivity index (χ1v) is 13.0. The van der Waals surface area contributed by atoms with E-state index in [4.69, 9.17) is 13.7 Å². The molecule has 0 fully saturated rings. The lowest BCUT2D eigenvalue weighted by Gasteiger charge is -2.19. The van der Waals surface area contributed by atoms with Crippen LogP contribution in [0.4, 0.5) is 0 Å². The highest BCUT2D eigenvalue weighted by Gasteiger charge is 2.21. The molecule has 2 rings (SSSR count). The Labute approximate surface area is 198 Å². The third-order valence-electron chi connectivity index (χ3n) is 4.85. The molecule has 0 bridgehead atoms. The summed E-state index contributed by atoms with van der Waals surface area (Å²) in [5, 5.41) is 0. The van der Waals surface area contributed by atoms with Gasteiger partial charge in [-0.1, -0.05) is 57.2 Å². The normalized spacial score (nSPS) is 11.8. The van der Waals surface area contributed by atoms with Crippen molar-refractivity contribution in [1.82, 2.24) is 0 Å². The largest absolute Gasteiger partial charge is 0.482 e. The Bertz CT molecular complexity index is 975. The minimum Gasteiger partial charge on any atom is -0.482 e. The standard InChI is InChI=1S/C26H36O6S/c1-5-6-7-8-9-10-13-21-14-11-12-15-24(21)33(28,29)32-23-18-16-22(17-19-23)30-20-25(27)31-26(2,3)4/h11-12,14-19H,5-10,13,20H2,1-4H3. The van der Waals surface area contributed by atoms with Crippen LogP contribution in [-0.4, -0.2) is 26.6 Å². The number of hydrogen-bond donors (Lipinski definition) is 0. The number of hydrogen-bond acceptors (Lipinski definition) is 6. The topological polar surface area (TPSA) is 78.9 Å². The van der Waals surface area contributed by atoms with Crippen molar-refractivity contribution in [3.05, 3.63) is 54.1 Å². The summed E-state index contributed by atoms with van der Waals surface area (Å²) in [6.07, 6.45) is 7.56. The maximum atomic E-state index is 12.9. The Morgan fingerprint density at radius 2 is 1.45 bits per heavy atom. The summed E-state index contributed by atoms with van der Waals surface area (Å²) in [5.41, 5.74) is 0.183. The molecule has 0 saturated heterocycles. The van der Waals surface area contributed by atoms with Crippen molar-refractivity contribution in [2.45, 2.75) is 83.1 Å². The molecule has 0 atom stereocenters. The Balaban J connectivity index is 1.95. The highest BCUT2D eigenvalue weighted by molar-refractivity contribution is 7.87. The van der Waals surface area contributed by atoms with Gasteiger partial charge in [-0.2, -0.15) is 8.42 Å². The van der Waals surface area contributed by atoms with E-state index in [1.54, 1.807) is 45.0 Å². The lowest BCUT2D eigenvalue weighted by Crippen LogP contribution is -2.27. The van der Waals surface area contributed by atoms with Gasteiger partial charge in [0.25, 0.3) is 0 Å². The van der Waals surface area contributed by atoms with Crippen LogP contribution in [0.15, 0.2) is 53.4 Å². The van der Waals surface area contributed by atoms with E-state index in [-0.39, 0.29) is 17.3 Å². The van der Waals surface area contributed by atoms with Gasteiger partial charge in [-0.15, -0.1) is 0 Å². The van der Waals surface area contributed by atoms with Crippen LogP contribution in [0.2, 0.25) is 0 Å². The molecule has 0 heterocycles. The zero-order valence-corrected chi connectivity index (χ0v) is 20.9. The van der Waals surface area contributed by atoms with Crippen LogP contribution < -0.4 is 8.92 Å². The monoisotopic (exact) mass is 476 g/mol. The summed E-state index contributed by atoms with van der Waals surface area (Å²) in [7, 11) is -3.97. The Morgan fingerprint density at radius 3 is 2.12 bits per heavy atom. The van der Waals surface area contributed by atoms with Crippen LogP contribution in [0, 0.1) is 0 Å². The van der Waals surface area contributed by atoms with Gasteiger partial charge in [-0.3, -0.25) is 0 Å². The molecule has 6 nitrogen and oxygen atoms in total. The van der Waals surface area contributed by atoms with Crippen molar-refractivity contribution in [1.29, 1.82) is 0 Å². The summed E-state index contributed by atoms with van der Waals surface area (Å²) in [4.78, 5) is 12.0. The molecule has 0 unspecified atom stereocenters. The Kier molecular flexibility index (Phi) is 10.2. The highest BCUT2D eigenvalue weighted by Crippen LogP contribution is 2.25. The van der Waals surface area contributed by atoms with Crippen LogP contribution >= 0.6 is 0 Å². The van der Waals surface area contributed by atoms with Gasteiger partial charge in [0.15, 0.2) is 6.61 Å². The van der Waals surface area contributed by atoms with Crippen molar-refractivity contribution >= 4 is 16.1 Å². The van der Waals surface area contributed by atoms with Gasteiger partial charge in [-0.05, 0) is 69.5 Å². The summed E-state index contributed by atoms with van der Waals surface area (Å²) in [6, 6.07) is 13.1. The number of unbranched alkanes of at least 4 members (excludes halogenated alkanes) is 5. The molecule has 0 aromatic heterocycles. The predicted octanol–water partition coefficient (Wildman–Crippen LogP) is 6.08. The fourth-order valence-electron chi connectivity index (χ4n) is 3.33. The van der Waals surface area contributed by atoms with Crippen molar-refractivity contribution < 1.29 is 26.9 Å². The minimum absolute atomic E-state index is 0.175. The maximum Gasteiger partial charge on any atom is 0.344 e. The fraction of sp³-hybridized carbons (Fsp3) is 0.500. The van der Waals surface area contributed by atoms with E-state index in [0.29, 0.717) is 12.2 Å². The lowest BCUT2D eigenvalue weighted by atomic mass is 10.1. The molecule has 0 amide bonds. The van der Waals surface area contributed by atoms with Crippen LogP contribution in [0.25, 0.3) is 0 Å². The SMILES string of the molecule is CCCCCCCCc1ccccc1S(=O)(=O)Oc1ccc(OCC(=O)OC(C)(C)C)cc1. The molecule has 0 saturated carbocycles. The van der Waals surface area contributed by atoms with Gasteiger partial charge >= 0.3 is 16.1 Å². The first kappa shape index (κ1) is 26.7. The number of carbonyl (C=O) groups is 1. The van der Waals surface area contributed by atoms with Crippen LogP contribution in [0.3, 0.4) is 0 Å². The Hall–Kier alpha value is -2.54. The number of aryl methyl sites for hydroxylation is 1. The van der Waals surface area contributed by atoms with E-state index in [1.165, 1.54) is 37.8 Å². The second-order valence-electron chi connectivity index (χ2n) is 9.01. The minimum atomic E-state index is -3.97. The highest BCUT2D eigenvalue weighted by atomic mass is 32.2. The Morgan fingerprint density at radius 1 is 0.848 bits per heavy atom. The zero-order valence-electron chi connectivity index (χ0n) is 20.1. The third kappa shape index (κ3) is 9.86. The van der Waals surface area contributed by atoms with Crippen molar-refractivity contribution in [3.63, 3.8) is 0 Å². The van der Waals surface area contributed by atoms with E-state index < -0.39 is 21.7 Å². The lowest BCUT2D eigenvalue weighted by molar-refractivity contribution is -0.157.